The van der Waals surface area contributed by atoms with E-state index in [4.69, 9.17) is 32.7 Å². The molecule has 2 aromatic carbocycles. The molecule has 3 aromatic rings. The van der Waals surface area contributed by atoms with E-state index in [1.165, 1.54) is 4.90 Å². The molecule has 1 N–H and O–H groups in total. The zero-order valence-electron chi connectivity index (χ0n) is 13.3. The maximum absolute atomic E-state index is 12.1. The summed E-state index contributed by atoms with van der Waals surface area (Å²) >= 11 is 12.0. The van der Waals surface area contributed by atoms with Crippen LogP contribution in [-0.4, -0.2) is 28.5 Å². The standard InChI is InChI=1S/C18H12Cl2N2O4/c19-11-3-9(4-12(20)6-11)17-21-14-7-13(1-2-15(14)26-17)22-8-10(18(24)25)5-16(22)23/h1-4,6-7,10H,5,8H2,(H,24,25). The molecule has 0 saturated carbocycles. The zero-order chi connectivity index (χ0) is 18.4. The van der Waals surface area contributed by atoms with Gasteiger partial charge >= 0.3 is 5.97 Å². The highest BCUT2D eigenvalue weighted by atomic mass is 35.5. The van der Waals surface area contributed by atoms with Crippen molar-refractivity contribution < 1.29 is 19.1 Å². The molecule has 1 unspecified atom stereocenters. The lowest BCUT2D eigenvalue weighted by atomic mass is 10.1. The topological polar surface area (TPSA) is 83.6 Å². The minimum Gasteiger partial charge on any atom is -0.481 e. The van der Waals surface area contributed by atoms with Crippen molar-refractivity contribution in [1.29, 1.82) is 0 Å². The smallest absolute Gasteiger partial charge is 0.308 e. The monoisotopic (exact) mass is 390 g/mol. The van der Waals surface area contributed by atoms with Crippen molar-refractivity contribution in [3.05, 3.63) is 46.4 Å². The molecule has 1 aromatic heterocycles. The van der Waals surface area contributed by atoms with E-state index in [-0.39, 0.29) is 18.9 Å². The molecule has 0 spiro atoms. The molecular formula is C18H12Cl2N2O4. The van der Waals surface area contributed by atoms with Crippen molar-refractivity contribution in [2.45, 2.75) is 6.42 Å². The number of hydrogen-bond acceptors (Lipinski definition) is 4. The van der Waals surface area contributed by atoms with Crippen molar-refractivity contribution in [2.75, 3.05) is 11.4 Å². The lowest BCUT2D eigenvalue weighted by molar-refractivity contribution is -0.141. The molecule has 1 atom stereocenters. The number of rotatable bonds is 3. The fourth-order valence-electron chi connectivity index (χ4n) is 3.01. The molecule has 6 nitrogen and oxygen atoms in total. The molecule has 1 amide bonds. The summed E-state index contributed by atoms with van der Waals surface area (Å²) in [6.45, 7) is 0.147. The molecule has 1 aliphatic rings. The summed E-state index contributed by atoms with van der Waals surface area (Å²) in [5, 5.41) is 10.1. The van der Waals surface area contributed by atoms with Gasteiger partial charge in [0, 0.05) is 34.3 Å². The number of carboxylic acid groups (broad SMARTS) is 1. The number of aliphatic carboxylic acids is 1. The van der Waals surface area contributed by atoms with Crippen LogP contribution in [0.1, 0.15) is 6.42 Å². The summed E-state index contributed by atoms with van der Waals surface area (Å²) in [6, 6.07) is 10.1. The SMILES string of the molecule is O=C(O)C1CC(=O)N(c2ccc3oc(-c4cc(Cl)cc(Cl)c4)nc3c2)C1. The van der Waals surface area contributed by atoms with Gasteiger partial charge in [-0.3, -0.25) is 9.59 Å². The van der Waals surface area contributed by atoms with Gasteiger partial charge in [0.25, 0.3) is 0 Å². The van der Waals surface area contributed by atoms with Crippen LogP contribution in [0.3, 0.4) is 0 Å². The fraction of sp³-hybridized carbons (Fsp3) is 0.167. The molecule has 0 radical (unpaired) electrons. The maximum atomic E-state index is 12.1. The van der Waals surface area contributed by atoms with E-state index >= 15 is 0 Å². The maximum Gasteiger partial charge on any atom is 0.308 e. The molecule has 0 bridgehead atoms. The third kappa shape index (κ3) is 3.02. The van der Waals surface area contributed by atoms with Gasteiger partial charge < -0.3 is 14.4 Å². The van der Waals surface area contributed by atoms with Crippen LogP contribution in [0.25, 0.3) is 22.6 Å². The number of carbonyl (C=O) groups excluding carboxylic acids is 1. The highest BCUT2D eigenvalue weighted by Gasteiger charge is 2.35. The van der Waals surface area contributed by atoms with Gasteiger partial charge in [-0.15, -0.1) is 0 Å². The first-order valence-electron chi connectivity index (χ1n) is 7.81. The summed E-state index contributed by atoms with van der Waals surface area (Å²) in [6.07, 6.45) is -0.00154. The van der Waals surface area contributed by atoms with E-state index in [1.807, 2.05) is 0 Å². The number of carbonyl (C=O) groups is 2. The van der Waals surface area contributed by atoms with Crippen molar-refractivity contribution in [3.8, 4) is 11.5 Å². The quantitative estimate of drug-likeness (QED) is 0.722. The lowest BCUT2D eigenvalue weighted by Crippen LogP contribution is -2.25. The number of oxazole rings is 1. The van der Waals surface area contributed by atoms with Gasteiger partial charge in [0.05, 0.1) is 5.92 Å². The van der Waals surface area contributed by atoms with Crippen LogP contribution >= 0.6 is 23.2 Å². The summed E-state index contributed by atoms with van der Waals surface area (Å²) in [7, 11) is 0. The van der Waals surface area contributed by atoms with Crippen LogP contribution in [-0.2, 0) is 9.59 Å². The molecule has 0 aliphatic carbocycles. The average molecular weight is 391 g/mol. The molecule has 132 valence electrons. The first kappa shape index (κ1) is 16.9. The Hall–Kier alpha value is -2.57. The molecule has 1 aliphatic heterocycles. The first-order valence-corrected chi connectivity index (χ1v) is 8.56. The summed E-state index contributed by atoms with van der Waals surface area (Å²) in [5.74, 6) is -1.53. The van der Waals surface area contributed by atoms with Gasteiger partial charge in [-0.2, -0.15) is 0 Å². The predicted molar refractivity (Wildman–Crippen MR) is 97.6 cm³/mol. The number of hydrogen-bond donors (Lipinski definition) is 1. The number of benzene rings is 2. The van der Waals surface area contributed by atoms with Crippen LogP contribution in [0.2, 0.25) is 10.0 Å². The highest BCUT2D eigenvalue weighted by Crippen LogP contribution is 2.32. The third-order valence-electron chi connectivity index (χ3n) is 4.27. The van der Waals surface area contributed by atoms with Gasteiger partial charge in [-0.1, -0.05) is 23.2 Å². The fourth-order valence-corrected chi connectivity index (χ4v) is 3.53. The Morgan fingerprint density at radius 2 is 1.92 bits per heavy atom. The Labute approximate surface area is 157 Å². The van der Waals surface area contributed by atoms with E-state index in [2.05, 4.69) is 4.98 Å². The number of amides is 1. The summed E-state index contributed by atoms with van der Waals surface area (Å²) in [5.41, 5.74) is 2.33. The second-order valence-electron chi connectivity index (χ2n) is 6.07. The third-order valence-corrected chi connectivity index (χ3v) is 4.70. The molecule has 1 fully saturated rings. The predicted octanol–water partition coefficient (Wildman–Crippen LogP) is 4.24. The van der Waals surface area contributed by atoms with Crippen LogP contribution in [0.4, 0.5) is 5.69 Å². The van der Waals surface area contributed by atoms with Crippen molar-refractivity contribution >= 4 is 51.9 Å². The van der Waals surface area contributed by atoms with Crippen LogP contribution < -0.4 is 4.90 Å². The zero-order valence-corrected chi connectivity index (χ0v) is 14.8. The summed E-state index contributed by atoms with van der Waals surface area (Å²) in [4.78, 5) is 29.1. The Bertz CT molecular complexity index is 1030. The lowest BCUT2D eigenvalue weighted by Gasteiger charge is -2.15. The van der Waals surface area contributed by atoms with E-state index in [1.54, 1.807) is 36.4 Å². The molecule has 26 heavy (non-hydrogen) atoms. The van der Waals surface area contributed by atoms with Gasteiger partial charge in [0.1, 0.15) is 5.52 Å². The molecule has 8 heteroatoms. The van der Waals surface area contributed by atoms with Gasteiger partial charge in [-0.05, 0) is 36.4 Å². The number of halogens is 2. The number of anilines is 1. The van der Waals surface area contributed by atoms with Crippen LogP contribution in [0.5, 0.6) is 0 Å². The average Bonchev–Trinajstić information content (AvgIpc) is 3.16. The Morgan fingerprint density at radius 3 is 2.58 bits per heavy atom. The Balaban J connectivity index is 1.70. The number of nitrogens with zero attached hydrogens (tertiary/aromatic N) is 2. The number of fused-ring (bicyclic) bond motifs is 1. The van der Waals surface area contributed by atoms with Crippen molar-refractivity contribution in [1.82, 2.24) is 4.98 Å². The molecule has 4 rings (SSSR count). The summed E-state index contributed by atoms with van der Waals surface area (Å²) < 4.78 is 5.74. The Morgan fingerprint density at radius 1 is 1.19 bits per heavy atom. The van der Waals surface area contributed by atoms with Crippen molar-refractivity contribution in [2.24, 2.45) is 5.92 Å². The van der Waals surface area contributed by atoms with Gasteiger partial charge in [-0.25, -0.2) is 4.98 Å². The molecule has 2 heterocycles. The normalized spacial score (nSPS) is 17.2. The Kier molecular flexibility index (Phi) is 4.09. The van der Waals surface area contributed by atoms with Gasteiger partial charge in [0.15, 0.2) is 5.58 Å². The van der Waals surface area contributed by atoms with Gasteiger partial charge in [0.2, 0.25) is 11.8 Å². The minimum atomic E-state index is -0.969. The first-order chi connectivity index (χ1) is 12.4. The van der Waals surface area contributed by atoms with Crippen LogP contribution in [0, 0.1) is 5.92 Å². The van der Waals surface area contributed by atoms with Crippen LogP contribution in [0.15, 0.2) is 40.8 Å². The molecular weight excluding hydrogens is 379 g/mol. The minimum absolute atomic E-state index is 0.00154. The van der Waals surface area contributed by atoms with E-state index in [0.29, 0.717) is 38.3 Å². The molecule has 1 saturated heterocycles. The second-order valence-corrected chi connectivity index (χ2v) is 6.95. The largest absolute Gasteiger partial charge is 0.481 e. The van der Waals surface area contributed by atoms with Crippen molar-refractivity contribution in [3.63, 3.8) is 0 Å². The number of carboxylic acids is 1. The van der Waals surface area contributed by atoms with E-state index in [9.17, 15) is 9.59 Å². The van der Waals surface area contributed by atoms with E-state index in [0.717, 1.165) is 0 Å². The number of aromatic nitrogens is 1. The van der Waals surface area contributed by atoms with E-state index < -0.39 is 11.9 Å². The highest BCUT2D eigenvalue weighted by molar-refractivity contribution is 6.35. The second kappa shape index (κ2) is 6.30.